The van der Waals surface area contributed by atoms with Gasteiger partial charge in [-0.2, -0.15) is 0 Å². The molecule has 0 aromatic carbocycles. The molecule has 1 saturated carbocycles. The largest absolute Gasteiger partial charge is 0.335 e. The van der Waals surface area contributed by atoms with Gasteiger partial charge in [-0.05, 0) is 24.7 Å². The van der Waals surface area contributed by atoms with Gasteiger partial charge in [-0.15, -0.1) is 0 Å². The lowest BCUT2D eigenvalue weighted by Gasteiger charge is -2.17. The lowest BCUT2D eigenvalue weighted by molar-refractivity contribution is 0.372. The van der Waals surface area contributed by atoms with Crippen molar-refractivity contribution in [1.29, 1.82) is 0 Å². The van der Waals surface area contributed by atoms with Crippen LogP contribution in [0.15, 0.2) is 17.6 Å². The maximum atomic E-state index is 11.9. The zero-order chi connectivity index (χ0) is 11.8. The van der Waals surface area contributed by atoms with E-state index in [1.54, 1.807) is 0 Å². The fourth-order valence-electron chi connectivity index (χ4n) is 2.21. The van der Waals surface area contributed by atoms with E-state index in [2.05, 4.69) is 28.5 Å². The Morgan fingerprint density at radius 1 is 1.56 bits per heavy atom. The molecule has 1 fully saturated rings. The van der Waals surface area contributed by atoms with E-state index in [4.69, 9.17) is 0 Å². The Morgan fingerprint density at radius 3 is 2.81 bits per heavy atom. The van der Waals surface area contributed by atoms with E-state index in [-0.39, 0.29) is 16.5 Å². The molecule has 16 heavy (non-hydrogen) atoms. The number of nitrogens with one attached hydrogen (secondary N) is 2. The molecule has 0 bridgehead atoms. The quantitative estimate of drug-likeness (QED) is 0.839. The van der Waals surface area contributed by atoms with Crippen LogP contribution in [0.25, 0.3) is 0 Å². The molecule has 1 aromatic rings. The average molecular weight is 243 g/mol. The number of rotatable bonds is 3. The minimum absolute atomic E-state index is 0.0447. The van der Waals surface area contributed by atoms with E-state index >= 15 is 0 Å². The lowest BCUT2D eigenvalue weighted by atomic mass is 9.92. The van der Waals surface area contributed by atoms with Gasteiger partial charge in [-0.3, -0.25) is 0 Å². The van der Waals surface area contributed by atoms with Crippen LogP contribution in [0.4, 0.5) is 0 Å². The molecule has 0 amide bonds. The van der Waals surface area contributed by atoms with Crippen LogP contribution in [0.3, 0.4) is 0 Å². The van der Waals surface area contributed by atoms with Crippen molar-refractivity contribution in [2.24, 2.45) is 5.41 Å². The molecule has 0 aliphatic heterocycles. The van der Waals surface area contributed by atoms with Gasteiger partial charge in [0.2, 0.25) is 0 Å². The van der Waals surface area contributed by atoms with E-state index in [9.17, 15) is 8.42 Å². The first kappa shape index (κ1) is 11.6. The minimum Gasteiger partial charge on any atom is -0.335 e. The highest BCUT2D eigenvalue weighted by molar-refractivity contribution is 7.89. The standard InChI is InChI=1S/C10H17N3O2S/c1-10(2)4-3-8(5-10)13-16(14,15)9-6-11-7-12-9/h6-8,13H,3-5H2,1-2H3,(H,11,12). The molecular weight excluding hydrogens is 226 g/mol. The highest BCUT2D eigenvalue weighted by atomic mass is 32.2. The number of aromatic amines is 1. The molecule has 2 N–H and O–H groups in total. The van der Waals surface area contributed by atoms with Gasteiger partial charge in [0.1, 0.15) is 0 Å². The van der Waals surface area contributed by atoms with Gasteiger partial charge in [0.15, 0.2) is 5.03 Å². The molecule has 1 atom stereocenters. The highest BCUT2D eigenvalue weighted by Crippen LogP contribution is 2.37. The first-order valence-corrected chi connectivity index (χ1v) is 6.88. The highest BCUT2D eigenvalue weighted by Gasteiger charge is 2.33. The topological polar surface area (TPSA) is 74.8 Å². The Hall–Kier alpha value is -0.880. The van der Waals surface area contributed by atoms with Crippen molar-refractivity contribution in [2.75, 3.05) is 0 Å². The Kier molecular flexibility index (Phi) is 2.79. The summed E-state index contributed by atoms with van der Waals surface area (Å²) >= 11 is 0. The minimum atomic E-state index is -3.42. The van der Waals surface area contributed by atoms with Gasteiger partial charge in [0, 0.05) is 6.04 Å². The van der Waals surface area contributed by atoms with Gasteiger partial charge in [-0.1, -0.05) is 13.8 Å². The van der Waals surface area contributed by atoms with E-state index < -0.39 is 10.0 Å². The molecular formula is C10H17N3O2S. The SMILES string of the molecule is CC1(C)CCC(NS(=O)(=O)c2cnc[nH]2)C1. The van der Waals surface area contributed by atoms with Gasteiger partial charge in [0.25, 0.3) is 10.0 Å². The molecule has 1 heterocycles. The maximum Gasteiger partial charge on any atom is 0.257 e. The fourth-order valence-corrected chi connectivity index (χ4v) is 3.38. The Morgan fingerprint density at radius 2 is 2.31 bits per heavy atom. The third kappa shape index (κ3) is 2.44. The average Bonchev–Trinajstić information content (AvgIpc) is 2.74. The molecule has 90 valence electrons. The van der Waals surface area contributed by atoms with Crippen molar-refractivity contribution in [3.05, 3.63) is 12.5 Å². The first-order chi connectivity index (χ1) is 7.39. The molecule has 0 saturated heterocycles. The van der Waals surface area contributed by atoms with Crippen molar-refractivity contribution in [3.8, 4) is 0 Å². The van der Waals surface area contributed by atoms with Crippen molar-refractivity contribution >= 4 is 10.0 Å². The Labute approximate surface area is 95.7 Å². The molecule has 2 rings (SSSR count). The Balaban J connectivity index is 2.06. The maximum absolute atomic E-state index is 11.9. The van der Waals surface area contributed by atoms with Crippen LogP contribution in [0, 0.1) is 5.41 Å². The molecule has 1 aliphatic carbocycles. The summed E-state index contributed by atoms with van der Waals surface area (Å²) in [4.78, 5) is 6.33. The second-order valence-electron chi connectivity index (χ2n) is 5.14. The predicted octanol–water partition coefficient (Wildman–Crippen LogP) is 1.27. The van der Waals surface area contributed by atoms with Gasteiger partial charge in [0.05, 0.1) is 12.5 Å². The summed E-state index contributed by atoms with van der Waals surface area (Å²) in [6, 6.07) is 0.0447. The van der Waals surface area contributed by atoms with Crippen LogP contribution in [0.2, 0.25) is 0 Å². The van der Waals surface area contributed by atoms with Crippen LogP contribution in [-0.4, -0.2) is 24.4 Å². The zero-order valence-corrected chi connectivity index (χ0v) is 10.3. The van der Waals surface area contributed by atoms with E-state index in [1.807, 2.05) is 0 Å². The smallest absolute Gasteiger partial charge is 0.257 e. The van der Waals surface area contributed by atoms with E-state index in [1.165, 1.54) is 12.5 Å². The molecule has 1 aromatic heterocycles. The molecule has 5 nitrogen and oxygen atoms in total. The molecule has 0 radical (unpaired) electrons. The monoisotopic (exact) mass is 243 g/mol. The molecule has 1 aliphatic rings. The van der Waals surface area contributed by atoms with Crippen molar-refractivity contribution in [2.45, 2.75) is 44.2 Å². The molecule has 1 unspecified atom stereocenters. The fraction of sp³-hybridized carbons (Fsp3) is 0.700. The number of hydrogen-bond acceptors (Lipinski definition) is 3. The predicted molar refractivity (Wildman–Crippen MR) is 60.3 cm³/mol. The van der Waals surface area contributed by atoms with Crippen LogP contribution >= 0.6 is 0 Å². The summed E-state index contributed by atoms with van der Waals surface area (Å²) in [6.45, 7) is 4.33. The summed E-state index contributed by atoms with van der Waals surface area (Å²) in [5, 5.41) is 0.136. The van der Waals surface area contributed by atoms with E-state index in [0.717, 1.165) is 19.3 Å². The Bertz CT molecular complexity index is 450. The van der Waals surface area contributed by atoms with Gasteiger partial charge >= 0.3 is 0 Å². The van der Waals surface area contributed by atoms with Crippen molar-refractivity contribution < 1.29 is 8.42 Å². The summed E-state index contributed by atoms with van der Waals surface area (Å²) < 4.78 is 26.5. The van der Waals surface area contributed by atoms with Crippen molar-refractivity contribution in [1.82, 2.24) is 14.7 Å². The number of sulfonamides is 1. The number of H-pyrrole nitrogens is 1. The summed E-state index contributed by atoms with van der Waals surface area (Å²) in [5.74, 6) is 0. The number of hydrogen-bond donors (Lipinski definition) is 2. The third-order valence-corrected chi connectivity index (χ3v) is 4.50. The van der Waals surface area contributed by atoms with Crippen LogP contribution in [0.1, 0.15) is 33.1 Å². The summed E-state index contributed by atoms with van der Waals surface area (Å²) in [6.07, 6.45) is 5.54. The van der Waals surface area contributed by atoms with Crippen molar-refractivity contribution in [3.63, 3.8) is 0 Å². The normalized spacial score (nSPS) is 24.8. The number of aromatic nitrogens is 2. The van der Waals surface area contributed by atoms with Gasteiger partial charge in [-0.25, -0.2) is 18.1 Å². The molecule has 6 heteroatoms. The summed E-state index contributed by atoms with van der Waals surface area (Å²) in [5.41, 5.74) is 0.237. The summed E-state index contributed by atoms with van der Waals surface area (Å²) in [7, 11) is -3.42. The number of nitrogens with zero attached hydrogens (tertiary/aromatic N) is 1. The first-order valence-electron chi connectivity index (χ1n) is 5.40. The second-order valence-corrected chi connectivity index (χ2v) is 6.82. The van der Waals surface area contributed by atoms with Gasteiger partial charge < -0.3 is 4.98 Å². The lowest BCUT2D eigenvalue weighted by Crippen LogP contribution is -2.33. The van der Waals surface area contributed by atoms with Crippen LogP contribution < -0.4 is 4.72 Å². The van der Waals surface area contributed by atoms with E-state index in [0.29, 0.717) is 0 Å². The second kappa shape index (κ2) is 3.85. The zero-order valence-electron chi connectivity index (χ0n) is 9.53. The molecule has 0 spiro atoms. The van der Waals surface area contributed by atoms with Crippen LogP contribution in [-0.2, 0) is 10.0 Å². The number of imidazole rings is 1. The van der Waals surface area contributed by atoms with Crippen LogP contribution in [0.5, 0.6) is 0 Å². The third-order valence-electron chi connectivity index (χ3n) is 3.05.